The Hall–Kier alpha value is -4.24. The lowest BCUT2D eigenvalue weighted by atomic mass is 9.94. The minimum Gasteiger partial charge on any atom is -0.497 e. The summed E-state index contributed by atoms with van der Waals surface area (Å²) in [6.45, 7) is 7.98. The van der Waals surface area contributed by atoms with Gasteiger partial charge in [-0.15, -0.1) is 5.10 Å². The van der Waals surface area contributed by atoms with Gasteiger partial charge in [0.15, 0.2) is 0 Å². The van der Waals surface area contributed by atoms with Crippen LogP contribution in [-0.4, -0.2) is 34.9 Å². The van der Waals surface area contributed by atoms with Crippen molar-refractivity contribution in [2.45, 2.75) is 44.6 Å². The van der Waals surface area contributed by atoms with Crippen LogP contribution >= 0.6 is 11.8 Å². The summed E-state index contributed by atoms with van der Waals surface area (Å²) in [5.74, 6) is 2.31. The molecule has 1 aliphatic rings. The van der Waals surface area contributed by atoms with Gasteiger partial charge in [0, 0.05) is 28.8 Å². The molecule has 1 aliphatic heterocycles. The number of nitrogens with one attached hydrogen (secondary N) is 2. The topological polar surface area (TPSA) is 90.3 Å². The molecule has 0 fully saturated rings. The smallest absolute Gasteiger partial charge is 0.255 e. The quantitative estimate of drug-likeness (QED) is 0.242. The molecular formula is C31H33N5O3S. The summed E-state index contributed by atoms with van der Waals surface area (Å²) >= 11 is 1.55. The molecule has 4 aromatic rings. The van der Waals surface area contributed by atoms with E-state index in [1.54, 1.807) is 30.7 Å². The molecule has 2 N–H and O–H groups in total. The van der Waals surface area contributed by atoms with Gasteiger partial charge in [0.05, 0.1) is 19.8 Å². The van der Waals surface area contributed by atoms with Gasteiger partial charge in [-0.25, -0.2) is 4.68 Å². The third kappa shape index (κ3) is 5.56. The van der Waals surface area contributed by atoms with Crippen LogP contribution in [0.3, 0.4) is 0 Å². The van der Waals surface area contributed by atoms with Crippen LogP contribution < -0.4 is 20.1 Å². The fourth-order valence-corrected chi connectivity index (χ4v) is 5.68. The number of hydrogen-bond donors (Lipinski definition) is 2. The van der Waals surface area contributed by atoms with Gasteiger partial charge in [-0.1, -0.05) is 59.3 Å². The Labute approximate surface area is 238 Å². The maximum absolute atomic E-state index is 13.9. The van der Waals surface area contributed by atoms with Crippen molar-refractivity contribution in [1.82, 2.24) is 14.8 Å². The highest BCUT2D eigenvalue weighted by molar-refractivity contribution is 7.98. The highest BCUT2D eigenvalue weighted by atomic mass is 32.2. The van der Waals surface area contributed by atoms with Crippen LogP contribution in [-0.2, 0) is 10.5 Å². The van der Waals surface area contributed by atoms with Gasteiger partial charge in [0.2, 0.25) is 11.1 Å². The molecule has 1 atom stereocenters. The molecule has 0 aliphatic carbocycles. The molecule has 0 spiro atoms. The standard InChI is InChI=1S/C31H33N5O3S/c1-18-8-7-9-22(15-18)17-40-31-34-30-32-21(4)27(29(37)33-25-13-10-19(2)14-20(25)3)28(36(30)35-31)24-12-11-23(38-5)16-26(24)39-6/h7-16,28H,17H2,1-6H3,(H,33,37)(H,32,34,35). The zero-order chi connectivity index (χ0) is 28.4. The maximum Gasteiger partial charge on any atom is 0.255 e. The van der Waals surface area contributed by atoms with E-state index in [-0.39, 0.29) is 5.91 Å². The third-order valence-corrected chi connectivity index (χ3v) is 7.80. The third-order valence-electron chi connectivity index (χ3n) is 6.89. The van der Waals surface area contributed by atoms with E-state index in [9.17, 15) is 4.79 Å². The summed E-state index contributed by atoms with van der Waals surface area (Å²) in [5, 5.41) is 11.9. The second kappa shape index (κ2) is 11.5. The van der Waals surface area contributed by atoms with Gasteiger partial charge in [0.1, 0.15) is 17.5 Å². The number of ether oxygens (including phenoxy) is 2. The zero-order valence-corrected chi connectivity index (χ0v) is 24.3. The molecule has 1 amide bonds. The van der Waals surface area contributed by atoms with E-state index in [0.29, 0.717) is 33.9 Å². The average molecular weight is 556 g/mol. The second-order valence-electron chi connectivity index (χ2n) is 9.89. The summed E-state index contributed by atoms with van der Waals surface area (Å²) in [6.07, 6.45) is 0. The molecule has 8 nitrogen and oxygen atoms in total. The van der Waals surface area contributed by atoms with Crippen LogP contribution in [0.25, 0.3) is 0 Å². The molecule has 5 rings (SSSR count). The fourth-order valence-electron chi connectivity index (χ4n) is 4.91. The Kier molecular flexibility index (Phi) is 7.84. The number of hydrogen-bond acceptors (Lipinski definition) is 7. The number of benzene rings is 3. The first-order valence-corrected chi connectivity index (χ1v) is 14.0. The number of carbonyl (C=O) groups excluding carboxylic acids is 1. The molecule has 0 radical (unpaired) electrons. The lowest BCUT2D eigenvalue weighted by Crippen LogP contribution is -2.32. The van der Waals surface area contributed by atoms with E-state index in [0.717, 1.165) is 28.1 Å². The number of aryl methyl sites for hydroxylation is 3. The molecule has 9 heteroatoms. The predicted octanol–water partition coefficient (Wildman–Crippen LogP) is 6.44. The second-order valence-corrected chi connectivity index (χ2v) is 10.8. The summed E-state index contributed by atoms with van der Waals surface area (Å²) in [5.41, 5.74) is 7.28. The Morgan fingerprint density at radius 1 is 1.00 bits per heavy atom. The first kappa shape index (κ1) is 27.3. The molecule has 1 unspecified atom stereocenters. The van der Waals surface area contributed by atoms with Crippen LogP contribution in [0.2, 0.25) is 0 Å². The minimum absolute atomic E-state index is 0.227. The van der Waals surface area contributed by atoms with Crippen molar-refractivity contribution in [2.75, 3.05) is 24.9 Å². The lowest BCUT2D eigenvalue weighted by Gasteiger charge is -2.29. The molecule has 0 saturated heterocycles. The fraction of sp³-hybridized carbons (Fsp3) is 0.258. The predicted molar refractivity (Wildman–Crippen MR) is 159 cm³/mol. The van der Waals surface area contributed by atoms with Crippen molar-refractivity contribution in [3.63, 3.8) is 0 Å². The molecular weight excluding hydrogens is 522 g/mol. The van der Waals surface area contributed by atoms with Crippen molar-refractivity contribution >= 4 is 29.3 Å². The number of thioether (sulfide) groups is 1. The van der Waals surface area contributed by atoms with E-state index in [1.807, 2.05) is 57.2 Å². The van der Waals surface area contributed by atoms with Gasteiger partial charge >= 0.3 is 0 Å². The van der Waals surface area contributed by atoms with Gasteiger partial charge in [-0.05, 0) is 57.0 Å². The molecule has 2 heterocycles. The number of carbonyl (C=O) groups is 1. The number of rotatable bonds is 8. The highest BCUT2D eigenvalue weighted by Gasteiger charge is 2.36. The number of allylic oxidation sites excluding steroid dienone is 1. The first-order chi connectivity index (χ1) is 19.3. The molecule has 1 aromatic heterocycles. The minimum atomic E-state index is -0.580. The van der Waals surface area contributed by atoms with Crippen molar-refractivity contribution in [2.24, 2.45) is 0 Å². The molecule has 206 valence electrons. The van der Waals surface area contributed by atoms with Crippen molar-refractivity contribution in [3.8, 4) is 11.5 Å². The van der Waals surface area contributed by atoms with E-state index >= 15 is 0 Å². The van der Waals surface area contributed by atoms with E-state index in [4.69, 9.17) is 19.6 Å². The molecule has 40 heavy (non-hydrogen) atoms. The molecule has 0 saturated carbocycles. The molecule has 3 aromatic carbocycles. The number of anilines is 2. The number of aromatic nitrogens is 3. The average Bonchev–Trinajstić information content (AvgIpc) is 3.34. The normalized spacial score (nSPS) is 14.4. The zero-order valence-electron chi connectivity index (χ0n) is 23.5. The van der Waals surface area contributed by atoms with Crippen LogP contribution in [0.5, 0.6) is 11.5 Å². The van der Waals surface area contributed by atoms with Crippen molar-refractivity contribution in [3.05, 3.63) is 99.8 Å². The monoisotopic (exact) mass is 555 g/mol. The van der Waals surface area contributed by atoms with Crippen LogP contribution in [0, 0.1) is 20.8 Å². The number of fused-ring (bicyclic) bond motifs is 1. The largest absolute Gasteiger partial charge is 0.497 e. The highest BCUT2D eigenvalue weighted by Crippen LogP contribution is 2.41. The van der Waals surface area contributed by atoms with Gasteiger partial charge < -0.3 is 20.1 Å². The Morgan fingerprint density at radius 3 is 2.52 bits per heavy atom. The molecule has 0 bridgehead atoms. The van der Waals surface area contributed by atoms with E-state index < -0.39 is 6.04 Å². The van der Waals surface area contributed by atoms with Crippen LogP contribution in [0.15, 0.2) is 77.1 Å². The van der Waals surface area contributed by atoms with E-state index in [2.05, 4.69) is 41.8 Å². The van der Waals surface area contributed by atoms with Crippen LogP contribution in [0.4, 0.5) is 11.6 Å². The summed E-state index contributed by atoms with van der Waals surface area (Å²) in [6, 6.07) is 19.4. The Bertz CT molecular complexity index is 1610. The van der Waals surface area contributed by atoms with Crippen molar-refractivity contribution < 1.29 is 14.3 Å². The SMILES string of the molecule is COc1ccc(C2C(C(=O)Nc3ccc(C)cc3C)=C(C)Nc3nc(SCc4cccc(C)c4)nn32)c(OC)c1. The van der Waals surface area contributed by atoms with Gasteiger partial charge in [-0.2, -0.15) is 4.98 Å². The Morgan fingerprint density at radius 2 is 1.80 bits per heavy atom. The van der Waals surface area contributed by atoms with Gasteiger partial charge in [0.25, 0.3) is 5.91 Å². The first-order valence-electron chi connectivity index (χ1n) is 13.0. The summed E-state index contributed by atoms with van der Waals surface area (Å²) in [7, 11) is 3.22. The Balaban J connectivity index is 1.55. The van der Waals surface area contributed by atoms with Gasteiger partial charge in [-0.3, -0.25) is 4.79 Å². The number of amides is 1. The number of nitrogens with zero attached hydrogens (tertiary/aromatic N) is 3. The van der Waals surface area contributed by atoms with E-state index in [1.165, 1.54) is 11.1 Å². The number of methoxy groups -OCH3 is 2. The van der Waals surface area contributed by atoms with Crippen molar-refractivity contribution in [1.29, 1.82) is 0 Å². The summed E-state index contributed by atoms with van der Waals surface area (Å²) < 4.78 is 13.0. The van der Waals surface area contributed by atoms with Crippen LogP contribution in [0.1, 0.15) is 40.8 Å². The maximum atomic E-state index is 13.9. The summed E-state index contributed by atoms with van der Waals surface area (Å²) in [4.78, 5) is 18.7. The lowest BCUT2D eigenvalue weighted by molar-refractivity contribution is -0.113.